The molecule has 8 nitrogen and oxygen atoms in total. The van der Waals surface area contributed by atoms with E-state index in [1.165, 1.54) is 36.9 Å². The molecular formula is C29H36N6O2. The van der Waals surface area contributed by atoms with Gasteiger partial charge < -0.3 is 20.1 Å². The van der Waals surface area contributed by atoms with E-state index in [1.54, 1.807) is 7.11 Å². The Morgan fingerprint density at radius 2 is 1.86 bits per heavy atom. The lowest BCUT2D eigenvalue weighted by Crippen LogP contribution is -2.14. The van der Waals surface area contributed by atoms with Gasteiger partial charge in [0.2, 0.25) is 0 Å². The van der Waals surface area contributed by atoms with E-state index in [0.717, 1.165) is 41.0 Å². The molecule has 0 radical (unpaired) electrons. The molecular weight excluding hydrogens is 464 g/mol. The number of hydrogen-bond acceptors (Lipinski definition) is 7. The summed E-state index contributed by atoms with van der Waals surface area (Å²) in [5, 5.41) is 12.7. The lowest BCUT2D eigenvalue weighted by Gasteiger charge is -2.14. The molecule has 0 unspecified atom stereocenters. The minimum Gasteiger partial charge on any atom is -0.497 e. The summed E-state index contributed by atoms with van der Waals surface area (Å²) in [6.07, 6.45) is 8.96. The van der Waals surface area contributed by atoms with Crippen LogP contribution in [-0.2, 0) is 13.1 Å². The van der Waals surface area contributed by atoms with E-state index >= 15 is 0 Å². The fourth-order valence-corrected chi connectivity index (χ4v) is 4.73. The summed E-state index contributed by atoms with van der Waals surface area (Å²) in [5.74, 6) is 1.55. The SMILES string of the molecule is CCCCOc1nc(NCc2ccc(OC)cc2)c2cnn(Cc3cccc(NC4CCCC4)c3)c2n1. The van der Waals surface area contributed by atoms with Crippen LogP contribution >= 0.6 is 0 Å². The van der Waals surface area contributed by atoms with Crippen LogP contribution in [0.5, 0.6) is 11.8 Å². The van der Waals surface area contributed by atoms with Gasteiger partial charge in [0.1, 0.15) is 11.6 Å². The van der Waals surface area contributed by atoms with Gasteiger partial charge in [-0.05, 0) is 54.7 Å². The van der Waals surface area contributed by atoms with Crippen LogP contribution in [0.3, 0.4) is 0 Å². The molecule has 1 fully saturated rings. The minimum atomic E-state index is 0.372. The molecule has 0 aliphatic heterocycles. The van der Waals surface area contributed by atoms with E-state index in [1.807, 2.05) is 35.1 Å². The number of aromatic nitrogens is 4. The summed E-state index contributed by atoms with van der Waals surface area (Å²) in [4.78, 5) is 9.42. The third-order valence-corrected chi connectivity index (χ3v) is 6.81. The van der Waals surface area contributed by atoms with E-state index in [2.05, 4.69) is 51.9 Å². The van der Waals surface area contributed by atoms with E-state index < -0.39 is 0 Å². The van der Waals surface area contributed by atoms with Gasteiger partial charge in [0.05, 0.1) is 31.8 Å². The molecule has 0 spiro atoms. The third-order valence-electron chi connectivity index (χ3n) is 6.81. The number of unbranched alkanes of at least 4 members (excludes halogenated alkanes) is 1. The highest BCUT2D eigenvalue weighted by Crippen LogP contribution is 2.26. The number of hydrogen-bond donors (Lipinski definition) is 2. The Kier molecular flexibility index (Phi) is 8.03. The molecule has 0 atom stereocenters. The number of benzene rings is 2. The third kappa shape index (κ3) is 6.31. The van der Waals surface area contributed by atoms with Crippen LogP contribution in [0.15, 0.2) is 54.7 Å². The highest BCUT2D eigenvalue weighted by Gasteiger charge is 2.16. The number of rotatable bonds is 12. The second-order valence-electron chi connectivity index (χ2n) is 9.62. The molecule has 37 heavy (non-hydrogen) atoms. The number of fused-ring (bicyclic) bond motifs is 1. The largest absolute Gasteiger partial charge is 0.497 e. The summed E-state index contributed by atoms with van der Waals surface area (Å²) >= 11 is 0. The summed E-state index contributed by atoms with van der Waals surface area (Å²) in [6, 6.07) is 17.6. The number of nitrogens with zero attached hydrogens (tertiary/aromatic N) is 4. The molecule has 2 aromatic heterocycles. The minimum absolute atomic E-state index is 0.372. The van der Waals surface area contributed by atoms with E-state index in [0.29, 0.717) is 31.7 Å². The van der Waals surface area contributed by atoms with E-state index in [4.69, 9.17) is 14.5 Å². The van der Waals surface area contributed by atoms with Crippen molar-refractivity contribution in [3.05, 3.63) is 65.9 Å². The zero-order chi connectivity index (χ0) is 25.5. The maximum absolute atomic E-state index is 5.92. The maximum Gasteiger partial charge on any atom is 0.320 e. The van der Waals surface area contributed by atoms with Gasteiger partial charge in [-0.15, -0.1) is 0 Å². The van der Waals surface area contributed by atoms with Crippen molar-refractivity contribution in [1.29, 1.82) is 0 Å². The first-order chi connectivity index (χ1) is 18.2. The monoisotopic (exact) mass is 500 g/mol. The Morgan fingerprint density at radius 1 is 1.03 bits per heavy atom. The molecule has 0 amide bonds. The van der Waals surface area contributed by atoms with E-state index in [9.17, 15) is 0 Å². The molecule has 2 aromatic carbocycles. The van der Waals surface area contributed by atoms with Crippen molar-refractivity contribution in [3.8, 4) is 11.8 Å². The van der Waals surface area contributed by atoms with Crippen LogP contribution in [0.1, 0.15) is 56.6 Å². The van der Waals surface area contributed by atoms with Crippen molar-refractivity contribution < 1.29 is 9.47 Å². The fourth-order valence-electron chi connectivity index (χ4n) is 4.73. The highest BCUT2D eigenvalue weighted by molar-refractivity contribution is 5.86. The maximum atomic E-state index is 5.92. The zero-order valence-corrected chi connectivity index (χ0v) is 21.7. The summed E-state index contributed by atoms with van der Waals surface area (Å²) in [5.41, 5.74) is 4.22. The first-order valence-corrected chi connectivity index (χ1v) is 13.3. The van der Waals surface area contributed by atoms with Gasteiger partial charge in [-0.2, -0.15) is 15.1 Å². The Balaban J connectivity index is 1.38. The Bertz CT molecular complexity index is 1300. The van der Waals surface area contributed by atoms with Crippen LogP contribution in [0.25, 0.3) is 11.0 Å². The molecule has 0 bridgehead atoms. The zero-order valence-electron chi connectivity index (χ0n) is 21.7. The lowest BCUT2D eigenvalue weighted by molar-refractivity contribution is 0.286. The van der Waals surface area contributed by atoms with E-state index in [-0.39, 0.29) is 0 Å². The van der Waals surface area contributed by atoms with Gasteiger partial charge in [-0.25, -0.2) is 4.68 Å². The average molecular weight is 501 g/mol. The van der Waals surface area contributed by atoms with Gasteiger partial charge in [0, 0.05) is 18.3 Å². The van der Waals surface area contributed by atoms with Crippen LogP contribution in [0.4, 0.5) is 11.5 Å². The summed E-state index contributed by atoms with van der Waals surface area (Å²) in [6.45, 7) is 3.96. The topological polar surface area (TPSA) is 86.1 Å². The second-order valence-corrected chi connectivity index (χ2v) is 9.62. The average Bonchev–Trinajstić information content (AvgIpc) is 3.58. The van der Waals surface area contributed by atoms with Crippen LogP contribution < -0.4 is 20.1 Å². The van der Waals surface area contributed by atoms with Crippen LogP contribution in [-0.4, -0.2) is 39.5 Å². The number of ether oxygens (including phenoxy) is 2. The van der Waals surface area contributed by atoms with Crippen molar-refractivity contribution in [2.45, 2.75) is 64.6 Å². The van der Waals surface area contributed by atoms with Gasteiger partial charge >= 0.3 is 6.01 Å². The van der Waals surface area contributed by atoms with Crippen molar-refractivity contribution >= 4 is 22.5 Å². The van der Waals surface area contributed by atoms with Crippen LogP contribution in [0, 0.1) is 0 Å². The van der Waals surface area contributed by atoms with Crippen molar-refractivity contribution in [2.24, 2.45) is 0 Å². The summed E-state index contributed by atoms with van der Waals surface area (Å²) in [7, 11) is 1.67. The standard InChI is InChI=1S/C29H36N6O2/c1-3-4-16-37-29-33-27(30-18-21-12-14-25(36-2)15-13-21)26-19-31-35(28(26)34-29)20-22-8-7-11-24(17-22)32-23-9-5-6-10-23/h7-8,11-15,17,19,23,32H,3-6,9-10,16,18,20H2,1-2H3,(H,30,33,34). The van der Waals surface area contributed by atoms with Crippen molar-refractivity contribution in [1.82, 2.24) is 19.7 Å². The number of nitrogens with one attached hydrogen (secondary N) is 2. The van der Waals surface area contributed by atoms with Crippen molar-refractivity contribution in [2.75, 3.05) is 24.4 Å². The Morgan fingerprint density at radius 3 is 2.65 bits per heavy atom. The molecule has 2 N–H and O–H groups in total. The fraction of sp³-hybridized carbons (Fsp3) is 0.414. The highest BCUT2D eigenvalue weighted by atomic mass is 16.5. The quantitative estimate of drug-likeness (QED) is 0.230. The smallest absolute Gasteiger partial charge is 0.320 e. The van der Waals surface area contributed by atoms with Gasteiger partial charge in [0.25, 0.3) is 0 Å². The first-order valence-electron chi connectivity index (χ1n) is 13.3. The molecule has 1 saturated carbocycles. The molecule has 1 aliphatic rings. The molecule has 1 aliphatic carbocycles. The van der Waals surface area contributed by atoms with Gasteiger partial charge in [0.15, 0.2) is 5.65 Å². The molecule has 4 aromatic rings. The van der Waals surface area contributed by atoms with Crippen LogP contribution in [0.2, 0.25) is 0 Å². The van der Waals surface area contributed by atoms with Crippen molar-refractivity contribution in [3.63, 3.8) is 0 Å². The predicted molar refractivity (Wildman–Crippen MR) is 147 cm³/mol. The molecule has 194 valence electrons. The summed E-state index contributed by atoms with van der Waals surface area (Å²) < 4.78 is 13.1. The Hall–Kier alpha value is -3.81. The molecule has 0 saturated heterocycles. The predicted octanol–water partition coefficient (Wildman–Crippen LogP) is 6.03. The van der Waals surface area contributed by atoms with Gasteiger partial charge in [-0.3, -0.25) is 0 Å². The molecule has 2 heterocycles. The Labute approximate surface area is 218 Å². The second kappa shape index (κ2) is 12.0. The number of anilines is 2. The lowest BCUT2D eigenvalue weighted by atomic mass is 10.1. The first kappa shape index (κ1) is 24.9. The normalized spacial score (nSPS) is 13.7. The molecule has 5 rings (SSSR count). The van der Waals surface area contributed by atoms with Gasteiger partial charge in [-0.1, -0.05) is 50.5 Å². The molecule has 8 heteroatoms. The number of methoxy groups -OCH3 is 1.